The molecule has 1 N–H and O–H groups in total. The van der Waals surface area contributed by atoms with Crippen LogP contribution in [0.4, 0.5) is 0 Å². The van der Waals surface area contributed by atoms with Crippen molar-refractivity contribution in [1.29, 1.82) is 0 Å². The molecular weight excluding hydrogens is 262 g/mol. The van der Waals surface area contributed by atoms with Crippen LogP contribution in [0.2, 0.25) is 0 Å². The minimum atomic E-state index is -3.17. The molecule has 4 nitrogen and oxygen atoms in total. The van der Waals surface area contributed by atoms with Crippen LogP contribution in [0.1, 0.15) is 31.0 Å². The first-order chi connectivity index (χ1) is 8.77. The molecule has 106 valence electrons. The molecule has 0 fully saturated rings. The van der Waals surface area contributed by atoms with Crippen molar-refractivity contribution in [3.05, 3.63) is 29.3 Å². The Bertz CT molecular complexity index is 578. The van der Waals surface area contributed by atoms with Crippen LogP contribution in [0, 0.1) is 0 Å². The third kappa shape index (κ3) is 2.49. The second-order valence-electron chi connectivity index (χ2n) is 5.56. The SMILES string of the molecule is CNC(c1ccc2c(c1)CCO2)C(C)(C)S(C)(=O)=O. The highest BCUT2D eigenvalue weighted by Gasteiger charge is 2.39. The Morgan fingerprint density at radius 2 is 2.05 bits per heavy atom. The molecule has 1 aromatic carbocycles. The van der Waals surface area contributed by atoms with E-state index in [1.54, 1.807) is 20.9 Å². The van der Waals surface area contributed by atoms with Gasteiger partial charge in [-0.2, -0.15) is 0 Å². The standard InChI is InChI=1S/C14H21NO3S/c1-14(2,19(4,16)17)13(15-3)11-5-6-12-10(9-11)7-8-18-12/h5-6,9,13,15H,7-8H2,1-4H3. The van der Waals surface area contributed by atoms with E-state index in [4.69, 9.17) is 4.74 Å². The van der Waals surface area contributed by atoms with E-state index in [0.29, 0.717) is 6.61 Å². The lowest BCUT2D eigenvalue weighted by molar-refractivity contribution is 0.356. The Kier molecular flexibility index (Phi) is 3.62. The van der Waals surface area contributed by atoms with Crippen molar-refractivity contribution in [2.45, 2.75) is 31.1 Å². The average molecular weight is 283 g/mol. The van der Waals surface area contributed by atoms with Gasteiger partial charge in [0.05, 0.1) is 17.4 Å². The van der Waals surface area contributed by atoms with E-state index >= 15 is 0 Å². The zero-order chi connectivity index (χ0) is 14.3. The van der Waals surface area contributed by atoms with Gasteiger partial charge in [0.2, 0.25) is 0 Å². The molecule has 0 spiro atoms. The van der Waals surface area contributed by atoms with Crippen LogP contribution >= 0.6 is 0 Å². The number of rotatable bonds is 4. The van der Waals surface area contributed by atoms with E-state index in [1.165, 1.54) is 6.26 Å². The van der Waals surface area contributed by atoms with Gasteiger partial charge in [-0.05, 0) is 38.1 Å². The first-order valence-corrected chi connectivity index (χ1v) is 8.29. The van der Waals surface area contributed by atoms with E-state index in [9.17, 15) is 8.42 Å². The third-order valence-electron chi connectivity index (χ3n) is 3.99. The Hall–Kier alpha value is -1.07. The molecule has 0 aromatic heterocycles. The lowest BCUT2D eigenvalue weighted by Crippen LogP contribution is -2.43. The van der Waals surface area contributed by atoms with Crippen LogP contribution in [0.25, 0.3) is 0 Å². The fraction of sp³-hybridized carbons (Fsp3) is 0.571. The third-order valence-corrected chi connectivity index (χ3v) is 6.13. The number of hydrogen-bond acceptors (Lipinski definition) is 4. The average Bonchev–Trinajstić information content (AvgIpc) is 2.75. The van der Waals surface area contributed by atoms with Crippen LogP contribution in [0.3, 0.4) is 0 Å². The Morgan fingerprint density at radius 1 is 1.37 bits per heavy atom. The molecule has 2 rings (SSSR count). The van der Waals surface area contributed by atoms with Gasteiger partial charge in [-0.15, -0.1) is 0 Å². The lowest BCUT2D eigenvalue weighted by Gasteiger charge is -2.33. The van der Waals surface area contributed by atoms with Crippen LogP contribution in [0.5, 0.6) is 5.75 Å². The number of fused-ring (bicyclic) bond motifs is 1. The van der Waals surface area contributed by atoms with E-state index in [0.717, 1.165) is 23.3 Å². The van der Waals surface area contributed by atoms with Crippen molar-refractivity contribution in [3.8, 4) is 5.75 Å². The summed E-state index contributed by atoms with van der Waals surface area (Å²) >= 11 is 0. The summed E-state index contributed by atoms with van der Waals surface area (Å²) in [5.41, 5.74) is 2.14. The van der Waals surface area contributed by atoms with Gasteiger partial charge in [0.15, 0.2) is 9.84 Å². The molecule has 1 heterocycles. The van der Waals surface area contributed by atoms with Crippen molar-refractivity contribution in [2.75, 3.05) is 19.9 Å². The molecule has 0 saturated heterocycles. The molecule has 1 unspecified atom stereocenters. The molecule has 0 amide bonds. The van der Waals surface area contributed by atoms with Crippen LogP contribution in [-0.2, 0) is 16.3 Å². The quantitative estimate of drug-likeness (QED) is 0.914. The normalized spacial score (nSPS) is 16.8. The molecule has 0 aliphatic carbocycles. The summed E-state index contributed by atoms with van der Waals surface area (Å²) in [6.45, 7) is 4.22. The van der Waals surface area contributed by atoms with Crippen molar-refractivity contribution in [1.82, 2.24) is 5.32 Å². The summed E-state index contributed by atoms with van der Waals surface area (Å²) in [5, 5.41) is 3.14. The fourth-order valence-corrected chi connectivity index (χ4v) is 3.20. The summed E-state index contributed by atoms with van der Waals surface area (Å²) in [6.07, 6.45) is 2.17. The second-order valence-corrected chi connectivity index (χ2v) is 8.16. The zero-order valence-corrected chi connectivity index (χ0v) is 12.7. The Balaban J connectivity index is 2.43. The number of nitrogens with one attached hydrogen (secondary N) is 1. The van der Waals surface area contributed by atoms with Crippen LogP contribution < -0.4 is 10.1 Å². The van der Waals surface area contributed by atoms with Gasteiger partial charge in [0.25, 0.3) is 0 Å². The van der Waals surface area contributed by atoms with E-state index < -0.39 is 14.6 Å². The van der Waals surface area contributed by atoms with Gasteiger partial charge in [-0.1, -0.05) is 12.1 Å². The smallest absolute Gasteiger partial charge is 0.154 e. The minimum absolute atomic E-state index is 0.242. The molecule has 19 heavy (non-hydrogen) atoms. The monoisotopic (exact) mass is 283 g/mol. The molecule has 1 aliphatic heterocycles. The largest absolute Gasteiger partial charge is 0.493 e. The second kappa shape index (κ2) is 4.80. The Morgan fingerprint density at radius 3 is 2.63 bits per heavy atom. The zero-order valence-electron chi connectivity index (χ0n) is 11.9. The summed E-state index contributed by atoms with van der Waals surface area (Å²) in [6, 6.07) is 5.68. The number of ether oxygens (including phenoxy) is 1. The summed E-state index contributed by atoms with van der Waals surface area (Å²) < 4.78 is 28.6. The van der Waals surface area contributed by atoms with E-state index in [-0.39, 0.29) is 6.04 Å². The summed E-state index contributed by atoms with van der Waals surface area (Å²) in [4.78, 5) is 0. The molecule has 5 heteroatoms. The number of sulfone groups is 1. The van der Waals surface area contributed by atoms with Crippen molar-refractivity contribution in [2.24, 2.45) is 0 Å². The molecular formula is C14H21NO3S. The minimum Gasteiger partial charge on any atom is -0.493 e. The lowest BCUT2D eigenvalue weighted by atomic mass is 9.93. The van der Waals surface area contributed by atoms with Crippen molar-refractivity contribution in [3.63, 3.8) is 0 Å². The maximum atomic E-state index is 12.0. The van der Waals surface area contributed by atoms with Crippen molar-refractivity contribution < 1.29 is 13.2 Å². The summed E-state index contributed by atoms with van der Waals surface area (Å²) in [7, 11) is -1.38. The topological polar surface area (TPSA) is 55.4 Å². The van der Waals surface area contributed by atoms with Gasteiger partial charge in [-0.3, -0.25) is 0 Å². The maximum Gasteiger partial charge on any atom is 0.154 e. The van der Waals surface area contributed by atoms with E-state index in [1.807, 2.05) is 12.1 Å². The fourth-order valence-electron chi connectivity index (χ4n) is 2.52. The molecule has 0 bridgehead atoms. The first-order valence-electron chi connectivity index (χ1n) is 6.40. The van der Waals surface area contributed by atoms with Gasteiger partial charge < -0.3 is 10.1 Å². The van der Waals surface area contributed by atoms with Gasteiger partial charge >= 0.3 is 0 Å². The molecule has 0 saturated carbocycles. The summed E-state index contributed by atoms with van der Waals surface area (Å²) in [5.74, 6) is 0.913. The number of benzene rings is 1. The highest BCUT2D eigenvalue weighted by atomic mass is 32.2. The Labute approximate surface area is 115 Å². The van der Waals surface area contributed by atoms with Gasteiger partial charge in [0.1, 0.15) is 5.75 Å². The highest BCUT2D eigenvalue weighted by molar-refractivity contribution is 7.92. The molecule has 0 radical (unpaired) electrons. The predicted molar refractivity (Wildman–Crippen MR) is 76.4 cm³/mol. The van der Waals surface area contributed by atoms with Gasteiger partial charge in [-0.25, -0.2) is 8.42 Å². The highest BCUT2D eigenvalue weighted by Crippen LogP contribution is 2.35. The van der Waals surface area contributed by atoms with Crippen LogP contribution in [0.15, 0.2) is 18.2 Å². The van der Waals surface area contributed by atoms with Crippen LogP contribution in [-0.4, -0.2) is 33.1 Å². The molecule has 1 aromatic rings. The van der Waals surface area contributed by atoms with Crippen molar-refractivity contribution >= 4 is 9.84 Å². The maximum absolute atomic E-state index is 12.0. The number of hydrogen-bond donors (Lipinski definition) is 1. The van der Waals surface area contributed by atoms with E-state index in [2.05, 4.69) is 11.4 Å². The first kappa shape index (κ1) is 14.3. The molecule has 1 atom stereocenters. The predicted octanol–water partition coefficient (Wildman–Crippen LogP) is 1.71. The van der Waals surface area contributed by atoms with Gasteiger partial charge in [0, 0.05) is 12.7 Å². The molecule has 1 aliphatic rings.